The zero-order valence-electron chi connectivity index (χ0n) is 13.3. The number of hydrogen-bond acceptors (Lipinski definition) is 3. The molecule has 1 unspecified atom stereocenters. The van der Waals surface area contributed by atoms with Gasteiger partial charge in [-0.05, 0) is 6.42 Å². The predicted octanol–water partition coefficient (Wildman–Crippen LogP) is 0.954. The fourth-order valence-corrected chi connectivity index (χ4v) is 2.54. The van der Waals surface area contributed by atoms with Crippen molar-refractivity contribution in [1.82, 2.24) is 25.1 Å². The first-order chi connectivity index (χ1) is 11.0. The summed E-state index contributed by atoms with van der Waals surface area (Å²) in [5, 5.41) is 6.18. The van der Waals surface area contributed by atoms with Crippen LogP contribution in [0, 0.1) is 0 Å². The number of rotatable bonds is 5. The molecule has 1 aromatic heterocycles. The molecule has 0 saturated carbocycles. The number of aliphatic imine (C=N–C) groups is 1. The van der Waals surface area contributed by atoms with Gasteiger partial charge in [-0.3, -0.25) is 14.4 Å². The molecule has 0 bridgehead atoms. The van der Waals surface area contributed by atoms with Gasteiger partial charge in [0.25, 0.3) is 0 Å². The van der Waals surface area contributed by atoms with Crippen molar-refractivity contribution in [1.29, 1.82) is 0 Å². The van der Waals surface area contributed by atoms with Crippen molar-refractivity contribution in [2.24, 2.45) is 4.99 Å². The third-order valence-corrected chi connectivity index (χ3v) is 3.78. The number of imidazole rings is 1. The van der Waals surface area contributed by atoms with E-state index in [2.05, 4.69) is 20.6 Å². The van der Waals surface area contributed by atoms with Gasteiger partial charge in [-0.2, -0.15) is 8.78 Å². The van der Waals surface area contributed by atoms with Crippen molar-refractivity contribution in [2.45, 2.75) is 38.9 Å². The molecule has 1 aromatic rings. The molecule has 0 aliphatic carbocycles. The normalized spacial score (nSPS) is 18.6. The molecule has 0 spiro atoms. The first kappa shape index (κ1) is 17.2. The molecule has 2 N–H and O–H groups in total. The minimum Gasteiger partial charge on any atom is -0.352 e. The lowest BCUT2D eigenvalue weighted by Crippen LogP contribution is -2.45. The first-order valence-corrected chi connectivity index (χ1v) is 7.60. The molecule has 7 nitrogen and oxygen atoms in total. The fraction of sp³-hybridized carbons (Fsp3) is 0.643. The summed E-state index contributed by atoms with van der Waals surface area (Å²) < 4.78 is 26.3. The third kappa shape index (κ3) is 4.40. The minimum atomic E-state index is -2.62. The summed E-state index contributed by atoms with van der Waals surface area (Å²) >= 11 is 0. The second-order valence-corrected chi connectivity index (χ2v) is 5.28. The Balaban J connectivity index is 1.85. The Morgan fingerprint density at radius 3 is 3.00 bits per heavy atom. The Bertz CT molecular complexity index is 559. The number of halogens is 2. The largest absolute Gasteiger partial charge is 0.352 e. The Morgan fingerprint density at radius 1 is 1.57 bits per heavy atom. The maximum atomic E-state index is 12.8. The van der Waals surface area contributed by atoms with Crippen LogP contribution < -0.4 is 10.6 Å². The van der Waals surface area contributed by atoms with Crippen molar-refractivity contribution in [2.75, 3.05) is 20.1 Å². The average Bonchev–Trinajstić information content (AvgIpc) is 3.19. The Kier molecular flexibility index (Phi) is 5.89. The summed E-state index contributed by atoms with van der Waals surface area (Å²) in [7, 11) is 1.61. The molecule has 128 valence electrons. The molecule has 0 aromatic carbocycles. The number of nitrogens with zero attached hydrogens (tertiary/aromatic N) is 4. The zero-order valence-corrected chi connectivity index (χ0v) is 13.3. The van der Waals surface area contributed by atoms with E-state index in [1.165, 1.54) is 12.4 Å². The van der Waals surface area contributed by atoms with E-state index in [9.17, 15) is 13.6 Å². The maximum Gasteiger partial charge on any atom is 0.319 e. The number of hydrogen-bond donors (Lipinski definition) is 2. The topological polar surface area (TPSA) is 74.6 Å². The number of guanidine groups is 1. The molecule has 0 radical (unpaired) electrons. The van der Waals surface area contributed by atoms with Crippen LogP contribution in [0.4, 0.5) is 8.78 Å². The van der Waals surface area contributed by atoms with Crippen LogP contribution in [-0.2, 0) is 11.3 Å². The van der Waals surface area contributed by atoms with Crippen LogP contribution in [0.2, 0.25) is 0 Å². The van der Waals surface area contributed by atoms with Gasteiger partial charge in [0.05, 0.1) is 6.54 Å². The van der Waals surface area contributed by atoms with Crippen LogP contribution >= 0.6 is 0 Å². The molecule has 1 atom stereocenters. The summed E-state index contributed by atoms with van der Waals surface area (Å²) in [5.74, 6) is 0.873. The number of carbonyl (C=O) groups is 1. The second kappa shape index (κ2) is 7.89. The summed E-state index contributed by atoms with van der Waals surface area (Å²) in [4.78, 5) is 21.5. The fourth-order valence-electron chi connectivity index (χ4n) is 2.54. The van der Waals surface area contributed by atoms with E-state index in [0.29, 0.717) is 18.9 Å². The smallest absolute Gasteiger partial charge is 0.319 e. The van der Waals surface area contributed by atoms with Crippen LogP contribution in [0.15, 0.2) is 17.4 Å². The highest BCUT2D eigenvalue weighted by Crippen LogP contribution is 2.12. The van der Waals surface area contributed by atoms with Gasteiger partial charge in [-0.15, -0.1) is 0 Å². The molecular weight excluding hydrogens is 306 g/mol. The molecule has 1 aliphatic heterocycles. The molecule has 2 heterocycles. The lowest BCUT2D eigenvalue weighted by atomic mass is 10.3. The third-order valence-electron chi connectivity index (χ3n) is 3.78. The molecule has 23 heavy (non-hydrogen) atoms. The van der Waals surface area contributed by atoms with E-state index in [1.54, 1.807) is 7.05 Å². The molecule has 1 fully saturated rings. The van der Waals surface area contributed by atoms with E-state index in [-0.39, 0.29) is 24.3 Å². The maximum absolute atomic E-state index is 12.8. The van der Waals surface area contributed by atoms with Crippen molar-refractivity contribution >= 4 is 11.9 Å². The summed E-state index contributed by atoms with van der Waals surface area (Å²) in [6.45, 7) is 0.708. The van der Waals surface area contributed by atoms with E-state index >= 15 is 0 Å². The number of aromatic nitrogens is 2. The highest BCUT2D eigenvalue weighted by atomic mass is 19.3. The van der Waals surface area contributed by atoms with Gasteiger partial charge < -0.3 is 15.5 Å². The number of amides is 1. The Labute approximate surface area is 133 Å². The quantitative estimate of drug-likeness (QED) is 0.623. The first-order valence-electron chi connectivity index (χ1n) is 7.60. The van der Waals surface area contributed by atoms with Gasteiger partial charge in [0.15, 0.2) is 5.96 Å². The zero-order chi connectivity index (χ0) is 16.8. The second-order valence-electron chi connectivity index (χ2n) is 5.28. The number of carbonyl (C=O) groups excluding carboxylic acids is 1. The SMILES string of the molecule is CCC(=O)N1CCC(NC(=NC)NCc2nccn2C(F)F)C1. The van der Waals surface area contributed by atoms with Gasteiger partial charge in [0, 0.05) is 45.0 Å². The summed E-state index contributed by atoms with van der Waals surface area (Å²) in [5.41, 5.74) is 0. The monoisotopic (exact) mass is 328 g/mol. The lowest BCUT2D eigenvalue weighted by Gasteiger charge is -2.18. The minimum absolute atomic E-state index is 0.103. The van der Waals surface area contributed by atoms with Gasteiger partial charge in [-0.1, -0.05) is 6.92 Å². The van der Waals surface area contributed by atoms with Crippen LogP contribution in [0.5, 0.6) is 0 Å². The van der Waals surface area contributed by atoms with Crippen molar-refractivity contribution in [3.8, 4) is 0 Å². The average molecular weight is 328 g/mol. The highest BCUT2D eigenvalue weighted by molar-refractivity contribution is 5.80. The molecule has 9 heteroatoms. The van der Waals surface area contributed by atoms with Crippen molar-refractivity contribution < 1.29 is 13.6 Å². The molecule has 2 rings (SSSR count). The van der Waals surface area contributed by atoms with E-state index in [0.717, 1.165) is 17.5 Å². The summed E-state index contributed by atoms with van der Waals surface area (Å²) in [6.07, 6.45) is 3.90. The molecular formula is C14H22F2N6O. The Morgan fingerprint density at radius 2 is 2.35 bits per heavy atom. The van der Waals surface area contributed by atoms with Gasteiger partial charge in [-0.25, -0.2) is 4.98 Å². The van der Waals surface area contributed by atoms with Crippen LogP contribution in [-0.4, -0.2) is 52.5 Å². The van der Waals surface area contributed by atoms with Crippen molar-refractivity contribution in [3.63, 3.8) is 0 Å². The summed E-state index contributed by atoms with van der Waals surface area (Å²) in [6, 6.07) is 0.103. The van der Waals surface area contributed by atoms with E-state index in [4.69, 9.17) is 0 Å². The van der Waals surface area contributed by atoms with Gasteiger partial charge in [0.2, 0.25) is 5.91 Å². The number of likely N-dealkylation sites (tertiary alicyclic amines) is 1. The van der Waals surface area contributed by atoms with Crippen molar-refractivity contribution in [3.05, 3.63) is 18.2 Å². The van der Waals surface area contributed by atoms with Gasteiger partial charge >= 0.3 is 6.55 Å². The molecule has 1 aliphatic rings. The molecule has 1 saturated heterocycles. The predicted molar refractivity (Wildman–Crippen MR) is 82.1 cm³/mol. The van der Waals surface area contributed by atoms with E-state index < -0.39 is 6.55 Å². The van der Waals surface area contributed by atoms with Crippen LogP contribution in [0.3, 0.4) is 0 Å². The van der Waals surface area contributed by atoms with Gasteiger partial charge in [0.1, 0.15) is 5.82 Å². The lowest BCUT2D eigenvalue weighted by molar-refractivity contribution is -0.129. The van der Waals surface area contributed by atoms with Crippen LogP contribution in [0.1, 0.15) is 32.1 Å². The Hall–Kier alpha value is -2.19. The number of nitrogens with one attached hydrogen (secondary N) is 2. The number of alkyl halides is 2. The standard InChI is InChI=1S/C14H22F2N6O/c1-3-12(23)21-6-4-10(9-21)20-14(17-2)19-8-11-18-5-7-22(11)13(15)16/h5,7,10,13H,3-4,6,8-9H2,1-2H3,(H2,17,19,20). The van der Waals surface area contributed by atoms with E-state index in [1.807, 2.05) is 11.8 Å². The molecule has 1 amide bonds. The van der Waals surface area contributed by atoms with Crippen LogP contribution in [0.25, 0.3) is 0 Å². The highest BCUT2D eigenvalue weighted by Gasteiger charge is 2.25.